The number of hydrogen-bond acceptors (Lipinski definition) is 15. The molecule has 0 bridgehead atoms. The van der Waals surface area contributed by atoms with Gasteiger partial charge in [-0.05, 0) is 57.5 Å². The van der Waals surface area contributed by atoms with Crippen LogP contribution in [-0.2, 0) is 39.9 Å². The number of hydrogen-bond donors (Lipinski definition) is 5. The number of likely N-dealkylation sites (N-methyl/N-ethyl adjacent to an activating group) is 1. The van der Waals surface area contributed by atoms with Crippen molar-refractivity contribution in [3.8, 4) is 5.75 Å². The van der Waals surface area contributed by atoms with Gasteiger partial charge in [-0.25, -0.2) is 4.98 Å². The Morgan fingerprint density at radius 3 is 2.38 bits per heavy atom. The molecule has 3 aliphatic heterocycles. The highest BCUT2D eigenvalue weighted by molar-refractivity contribution is 6.07. The fraction of sp³-hybridized carbons (Fsp3) is 0.488. The predicted octanol–water partition coefficient (Wildman–Crippen LogP) is 1.97. The minimum atomic E-state index is -0.726. The lowest BCUT2D eigenvalue weighted by atomic mass is 10.0. The number of nitrogens with one attached hydrogen (secondary N) is 5. The lowest BCUT2D eigenvalue weighted by Gasteiger charge is -2.41. The first-order chi connectivity index (χ1) is 30.4. The summed E-state index contributed by atoms with van der Waals surface area (Å²) in [5, 5.41) is 14.4. The highest BCUT2D eigenvalue weighted by atomic mass is 16.5. The number of methoxy groups -OCH3 is 1. The Kier molecular flexibility index (Phi) is 16.0. The molecule has 0 spiro atoms. The Balaban J connectivity index is 0.791. The lowest BCUT2D eigenvalue weighted by molar-refractivity contribution is -0.137. The molecular formula is C43H56N10O10. The van der Waals surface area contributed by atoms with E-state index in [0.29, 0.717) is 111 Å². The van der Waals surface area contributed by atoms with E-state index >= 15 is 0 Å². The molecule has 20 nitrogen and oxygen atoms in total. The maximum absolute atomic E-state index is 13.0. The minimum absolute atomic E-state index is 0.0302. The molecule has 63 heavy (non-hydrogen) atoms. The molecule has 1 saturated heterocycles. The molecule has 5 N–H and O–H groups in total. The van der Waals surface area contributed by atoms with Crippen LogP contribution in [0.4, 0.5) is 28.8 Å². The summed E-state index contributed by atoms with van der Waals surface area (Å²) in [6.45, 7) is 9.51. The van der Waals surface area contributed by atoms with E-state index < -0.39 is 11.9 Å². The van der Waals surface area contributed by atoms with Gasteiger partial charge in [-0.15, -0.1) is 0 Å². The number of benzene rings is 2. The first-order valence-corrected chi connectivity index (χ1v) is 21.0. The number of anilines is 5. The van der Waals surface area contributed by atoms with E-state index in [1.165, 1.54) is 12.0 Å². The summed E-state index contributed by atoms with van der Waals surface area (Å²) >= 11 is 0. The van der Waals surface area contributed by atoms with Crippen molar-refractivity contribution in [1.29, 1.82) is 0 Å². The molecule has 3 aromatic rings. The van der Waals surface area contributed by atoms with Gasteiger partial charge in [0.25, 0.3) is 11.8 Å². The van der Waals surface area contributed by atoms with Crippen molar-refractivity contribution in [2.75, 3.05) is 93.9 Å². The van der Waals surface area contributed by atoms with Crippen molar-refractivity contribution < 1.29 is 47.7 Å². The maximum Gasteiger partial charge on any atom is 0.255 e. The van der Waals surface area contributed by atoms with Crippen LogP contribution in [0.3, 0.4) is 0 Å². The van der Waals surface area contributed by atoms with Crippen molar-refractivity contribution in [2.24, 2.45) is 0 Å². The van der Waals surface area contributed by atoms with Gasteiger partial charge in [0.15, 0.2) is 5.82 Å². The van der Waals surface area contributed by atoms with E-state index in [2.05, 4.69) is 31.6 Å². The van der Waals surface area contributed by atoms with E-state index in [9.17, 15) is 28.8 Å². The zero-order chi connectivity index (χ0) is 45.0. The molecule has 3 aliphatic rings. The van der Waals surface area contributed by atoms with Crippen LogP contribution in [0.1, 0.15) is 66.3 Å². The smallest absolute Gasteiger partial charge is 0.255 e. The van der Waals surface area contributed by atoms with Gasteiger partial charge in [0.2, 0.25) is 29.6 Å². The number of carbonyl (C=O) groups excluding carboxylic acids is 6. The summed E-state index contributed by atoms with van der Waals surface area (Å²) in [7, 11) is 3.23. The van der Waals surface area contributed by atoms with Crippen LogP contribution in [0.5, 0.6) is 5.75 Å². The second kappa shape index (κ2) is 21.7. The Labute approximate surface area is 365 Å². The van der Waals surface area contributed by atoms with Gasteiger partial charge in [0, 0.05) is 74.5 Å². The Bertz CT molecular complexity index is 2170. The number of aromatic nitrogens is 2. The number of ether oxygens (including phenoxy) is 4. The molecule has 1 unspecified atom stereocenters. The maximum atomic E-state index is 13.0. The van der Waals surface area contributed by atoms with Crippen LogP contribution in [0.15, 0.2) is 42.6 Å². The normalized spacial score (nSPS) is 17.1. The van der Waals surface area contributed by atoms with Crippen LogP contribution in [0, 0.1) is 0 Å². The third-order valence-electron chi connectivity index (χ3n) is 10.8. The van der Waals surface area contributed by atoms with E-state index in [-0.39, 0.29) is 67.4 Å². The standard InChI is InChI=1S/C43H56N10O10/c1-26(2)53-27(3)41(58)51(4)34-24-46-43(50-38(34)53)48-32-10-9-28(23-35(32)60-5)39(56)45-16-18-62-20-22-63-21-19-61-17-15-44-14-13-37(55)47-31-8-6-7-29-30(31)25-52(42(29)59)33-11-12-36(54)49-40(33)57/h6-10,23-24,26-27,33,44H,11-22,25H2,1-5H3,(H,45,56)(H,47,55)(H,46,48,50)(H,49,54,57)/t27-,33?/m1/s1. The van der Waals surface area contributed by atoms with Crippen molar-refractivity contribution >= 4 is 64.3 Å². The lowest BCUT2D eigenvalue weighted by Crippen LogP contribution is -2.53. The number of imide groups is 1. The molecule has 6 rings (SSSR count). The van der Waals surface area contributed by atoms with E-state index in [0.717, 1.165) is 0 Å². The SMILES string of the molecule is COc1cc(C(=O)NCCOCCOCCOCCNCCC(=O)Nc2cccc3c2CN(C2CCC(=O)NC2=O)C3=O)ccc1Nc1ncc2c(n1)N(C(C)C)[C@H](C)C(=O)N2C. The largest absolute Gasteiger partial charge is 0.495 e. The molecule has 6 amide bonds. The Morgan fingerprint density at radius 2 is 1.67 bits per heavy atom. The number of amides is 6. The zero-order valence-electron chi connectivity index (χ0n) is 36.3. The highest BCUT2D eigenvalue weighted by Gasteiger charge is 2.40. The summed E-state index contributed by atoms with van der Waals surface area (Å²) in [5.74, 6) is -0.270. The molecular weight excluding hydrogens is 817 g/mol. The molecule has 20 heteroatoms. The second-order valence-electron chi connectivity index (χ2n) is 15.4. The summed E-state index contributed by atoms with van der Waals surface area (Å²) < 4.78 is 22.3. The van der Waals surface area contributed by atoms with Gasteiger partial charge in [0.1, 0.15) is 23.5 Å². The summed E-state index contributed by atoms with van der Waals surface area (Å²) in [6, 6.07) is 9.04. The first kappa shape index (κ1) is 46.3. The number of carbonyl (C=O) groups is 6. The van der Waals surface area contributed by atoms with Crippen LogP contribution in [-0.4, -0.2) is 142 Å². The number of piperidine rings is 1. The van der Waals surface area contributed by atoms with Crippen molar-refractivity contribution in [1.82, 2.24) is 30.8 Å². The van der Waals surface area contributed by atoms with E-state index in [1.807, 2.05) is 25.7 Å². The van der Waals surface area contributed by atoms with Crippen LogP contribution in [0.2, 0.25) is 0 Å². The molecule has 2 atom stereocenters. The van der Waals surface area contributed by atoms with E-state index in [4.69, 9.17) is 23.9 Å². The molecule has 1 aromatic heterocycles. The minimum Gasteiger partial charge on any atom is -0.495 e. The fourth-order valence-electron chi connectivity index (χ4n) is 7.57. The molecule has 2 aromatic carbocycles. The number of fused-ring (bicyclic) bond motifs is 2. The third kappa shape index (κ3) is 11.4. The number of nitrogens with zero attached hydrogens (tertiary/aromatic N) is 5. The predicted molar refractivity (Wildman–Crippen MR) is 232 cm³/mol. The summed E-state index contributed by atoms with van der Waals surface area (Å²) in [6.07, 6.45) is 2.26. The Hall–Kier alpha value is -6.22. The third-order valence-corrected chi connectivity index (χ3v) is 10.8. The molecule has 338 valence electrons. The first-order valence-electron chi connectivity index (χ1n) is 21.0. The summed E-state index contributed by atoms with van der Waals surface area (Å²) in [4.78, 5) is 89.4. The molecule has 0 radical (unpaired) electrons. The van der Waals surface area contributed by atoms with Gasteiger partial charge in [-0.1, -0.05) is 6.07 Å². The van der Waals surface area contributed by atoms with Crippen molar-refractivity contribution in [3.05, 3.63) is 59.3 Å². The number of rotatable bonds is 22. The van der Waals surface area contributed by atoms with Gasteiger partial charge >= 0.3 is 0 Å². The molecule has 1 fully saturated rings. The van der Waals surface area contributed by atoms with Gasteiger partial charge in [-0.3, -0.25) is 34.1 Å². The quantitative estimate of drug-likeness (QED) is 0.0718. The zero-order valence-corrected chi connectivity index (χ0v) is 36.3. The van der Waals surface area contributed by atoms with Gasteiger partial charge in [-0.2, -0.15) is 4.98 Å². The Morgan fingerprint density at radius 1 is 0.937 bits per heavy atom. The van der Waals surface area contributed by atoms with Crippen LogP contribution >= 0.6 is 0 Å². The molecule has 4 heterocycles. The van der Waals surface area contributed by atoms with Gasteiger partial charge in [0.05, 0.1) is 58.6 Å². The van der Waals surface area contributed by atoms with Crippen molar-refractivity contribution in [2.45, 2.75) is 64.7 Å². The second-order valence-corrected chi connectivity index (χ2v) is 15.4. The van der Waals surface area contributed by atoms with Gasteiger partial charge < -0.3 is 54.9 Å². The monoisotopic (exact) mass is 872 g/mol. The molecule has 0 saturated carbocycles. The summed E-state index contributed by atoms with van der Waals surface area (Å²) in [5.41, 5.74) is 3.21. The highest BCUT2D eigenvalue weighted by Crippen LogP contribution is 2.37. The van der Waals surface area contributed by atoms with Crippen LogP contribution < -0.4 is 41.1 Å². The van der Waals surface area contributed by atoms with E-state index in [1.54, 1.807) is 54.5 Å². The van der Waals surface area contributed by atoms with Crippen LogP contribution in [0.25, 0.3) is 0 Å². The average molecular weight is 873 g/mol. The van der Waals surface area contributed by atoms with Crippen molar-refractivity contribution in [3.63, 3.8) is 0 Å². The molecule has 0 aliphatic carbocycles. The average Bonchev–Trinajstić information content (AvgIpc) is 3.60. The topological polar surface area (TPSA) is 235 Å². The fourth-order valence-corrected chi connectivity index (χ4v) is 7.57.